The quantitative estimate of drug-likeness (QED) is 0.778. The van der Waals surface area contributed by atoms with Crippen LogP contribution in [0.15, 0.2) is 21.3 Å². The number of aryl methyl sites for hydroxylation is 1. The molecule has 2 aromatic heterocycles. The Bertz CT molecular complexity index is 586. The van der Waals surface area contributed by atoms with E-state index in [0.717, 1.165) is 5.56 Å². The second-order valence-electron chi connectivity index (χ2n) is 3.78. The number of hydrogen-bond donors (Lipinski definition) is 0. The van der Waals surface area contributed by atoms with Crippen LogP contribution in [-0.2, 0) is 16.0 Å². The normalized spacial score (nSPS) is 11.8. The topological polar surface area (TPSA) is 89.0 Å². The molecule has 0 saturated heterocycles. The van der Waals surface area contributed by atoms with Crippen molar-refractivity contribution in [1.82, 2.24) is 10.1 Å². The molecule has 0 spiro atoms. The number of hydrogen-bond acceptors (Lipinski definition) is 7. The van der Waals surface area contributed by atoms with E-state index in [4.69, 9.17) is 14.5 Å². The molecule has 0 fully saturated rings. The Labute approximate surface area is 113 Å². The highest BCUT2D eigenvalue weighted by molar-refractivity contribution is 7.08. The van der Waals surface area contributed by atoms with Gasteiger partial charge >= 0.3 is 5.97 Å². The van der Waals surface area contributed by atoms with Crippen LogP contribution >= 0.6 is 11.3 Å². The maximum absolute atomic E-state index is 11.4. The predicted molar refractivity (Wildman–Crippen MR) is 67.1 cm³/mol. The first-order valence-electron chi connectivity index (χ1n) is 5.63. The van der Waals surface area contributed by atoms with E-state index in [9.17, 15) is 4.79 Å². The van der Waals surface area contributed by atoms with Crippen LogP contribution in [0.3, 0.4) is 0 Å². The molecule has 0 saturated carbocycles. The van der Waals surface area contributed by atoms with Gasteiger partial charge in [-0.15, -0.1) is 0 Å². The van der Waals surface area contributed by atoms with Crippen LogP contribution in [0.4, 0.5) is 0 Å². The van der Waals surface area contributed by atoms with E-state index in [1.807, 2.05) is 22.9 Å². The summed E-state index contributed by atoms with van der Waals surface area (Å²) in [7, 11) is 0. The highest BCUT2D eigenvalue weighted by Gasteiger charge is 2.13. The number of aromatic nitrogens is 2. The molecule has 1 atom stereocenters. The van der Waals surface area contributed by atoms with Crippen LogP contribution in [0.1, 0.15) is 19.2 Å². The molecule has 0 N–H and O–H groups in total. The van der Waals surface area contributed by atoms with Gasteiger partial charge in [0.05, 0.1) is 6.42 Å². The molecule has 98 valence electrons. The van der Waals surface area contributed by atoms with Crippen LogP contribution in [0.5, 0.6) is 0 Å². The van der Waals surface area contributed by atoms with Gasteiger partial charge in [-0.2, -0.15) is 21.6 Å². The molecule has 6 nitrogen and oxygen atoms in total. The Morgan fingerprint density at radius 1 is 1.68 bits per heavy atom. The van der Waals surface area contributed by atoms with Crippen molar-refractivity contribution in [2.75, 3.05) is 0 Å². The zero-order chi connectivity index (χ0) is 13.7. The van der Waals surface area contributed by atoms with Gasteiger partial charge in [0.15, 0.2) is 6.10 Å². The van der Waals surface area contributed by atoms with Crippen LogP contribution in [0.25, 0.3) is 11.4 Å². The molecular weight excluding hydrogens is 266 g/mol. The summed E-state index contributed by atoms with van der Waals surface area (Å²) in [6, 6.07) is 3.71. The van der Waals surface area contributed by atoms with Crippen molar-refractivity contribution in [1.29, 1.82) is 5.26 Å². The van der Waals surface area contributed by atoms with Crippen LogP contribution in [0.2, 0.25) is 0 Å². The molecule has 7 heteroatoms. The van der Waals surface area contributed by atoms with Crippen molar-refractivity contribution in [3.63, 3.8) is 0 Å². The summed E-state index contributed by atoms with van der Waals surface area (Å²) in [5.74, 6) is 0.433. The van der Waals surface area contributed by atoms with Gasteiger partial charge in [0.1, 0.15) is 6.07 Å². The monoisotopic (exact) mass is 277 g/mol. The summed E-state index contributed by atoms with van der Waals surface area (Å²) in [5, 5.41) is 16.2. The average Bonchev–Trinajstić information content (AvgIpc) is 3.06. The number of esters is 1. The van der Waals surface area contributed by atoms with Crippen molar-refractivity contribution in [2.24, 2.45) is 0 Å². The summed E-state index contributed by atoms with van der Waals surface area (Å²) in [4.78, 5) is 15.5. The number of thiophene rings is 1. The lowest BCUT2D eigenvalue weighted by Crippen LogP contribution is -2.13. The van der Waals surface area contributed by atoms with Crippen molar-refractivity contribution < 1.29 is 14.1 Å². The van der Waals surface area contributed by atoms with Gasteiger partial charge in [-0.1, -0.05) is 5.16 Å². The molecule has 0 amide bonds. The molecule has 2 aromatic rings. The van der Waals surface area contributed by atoms with Gasteiger partial charge in [-0.25, -0.2) is 0 Å². The first-order valence-corrected chi connectivity index (χ1v) is 6.57. The highest BCUT2D eigenvalue weighted by Crippen LogP contribution is 2.19. The van der Waals surface area contributed by atoms with Crippen molar-refractivity contribution in [3.8, 4) is 17.5 Å². The summed E-state index contributed by atoms with van der Waals surface area (Å²) < 4.78 is 9.85. The lowest BCUT2D eigenvalue weighted by Gasteiger charge is -2.03. The van der Waals surface area contributed by atoms with Crippen LogP contribution < -0.4 is 0 Å². The fraction of sp³-hybridized carbons (Fsp3) is 0.333. The van der Waals surface area contributed by atoms with E-state index in [1.54, 1.807) is 11.3 Å². The molecule has 0 aliphatic carbocycles. The minimum absolute atomic E-state index is 0.108. The third-order valence-electron chi connectivity index (χ3n) is 2.28. The van der Waals surface area contributed by atoms with E-state index in [2.05, 4.69) is 10.1 Å². The van der Waals surface area contributed by atoms with Gasteiger partial charge in [-0.3, -0.25) is 4.79 Å². The fourth-order valence-electron chi connectivity index (χ4n) is 1.36. The van der Waals surface area contributed by atoms with Gasteiger partial charge in [0.2, 0.25) is 11.7 Å². The van der Waals surface area contributed by atoms with Gasteiger partial charge < -0.3 is 9.26 Å². The van der Waals surface area contributed by atoms with Crippen molar-refractivity contribution >= 4 is 17.3 Å². The largest absolute Gasteiger partial charge is 0.447 e. The number of rotatable bonds is 5. The molecule has 0 aliphatic heterocycles. The van der Waals surface area contributed by atoms with E-state index in [0.29, 0.717) is 18.1 Å². The zero-order valence-electron chi connectivity index (χ0n) is 10.2. The molecule has 0 aliphatic rings. The third kappa shape index (κ3) is 3.63. The molecule has 0 unspecified atom stereocenters. The van der Waals surface area contributed by atoms with Crippen molar-refractivity contribution in [3.05, 3.63) is 22.7 Å². The predicted octanol–water partition coefficient (Wildman–Crippen LogP) is 2.19. The number of ether oxygens (including phenoxy) is 1. The molecule has 2 rings (SSSR count). The first-order chi connectivity index (χ1) is 9.19. The van der Waals surface area contributed by atoms with Crippen LogP contribution in [0, 0.1) is 11.3 Å². The van der Waals surface area contributed by atoms with Gasteiger partial charge in [0, 0.05) is 17.4 Å². The lowest BCUT2D eigenvalue weighted by atomic mass is 10.3. The minimum atomic E-state index is -0.739. The summed E-state index contributed by atoms with van der Waals surface area (Å²) in [6.45, 7) is 1.51. The average molecular weight is 277 g/mol. The maximum Gasteiger partial charge on any atom is 0.307 e. The molecule has 19 heavy (non-hydrogen) atoms. The second kappa shape index (κ2) is 6.11. The van der Waals surface area contributed by atoms with Crippen LogP contribution in [-0.4, -0.2) is 22.2 Å². The zero-order valence-corrected chi connectivity index (χ0v) is 11.0. The maximum atomic E-state index is 11.4. The van der Waals surface area contributed by atoms with Crippen molar-refractivity contribution in [2.45, 2.75) is 25.9 Å². The standard InChI is InChI=1S/C12H11N3O3S/c1-8(6-13)17-11(16)3-2-10-14-12(15-18-10)9-4-5-19-7-9/h4-5,7-8H,2-3H2,1H3/t8-/m0/s1. The van der Waals surface area contributed by atoms with Gasteiger partial charge in [-0.05, 0) is 18.4 Å². The number of nitrogens with zero attached hydrogens (tertiary/aromatic N) is 3. The number of nitriles is 1. The van der Waals surface area contributed by atoms with Gasteiger partial charge in [0.25, 0.3) is 0 Å². The second-order valence-corrected chi connectivity index (χ2v) is 4.56. The molecular formula is C12H11N3O3S. The number of carbonyl (C=O) groups excluding carboxylic acids is 1. The first kappa shape index (κ1) is 13.2. The van der Waals surface area contributed by atoms with E-state index >= 15 is 0 Å². The van der Waals surface area contributed by atoms with E-state index in [-0.39, 0.29) is 6.42 Å². The van der Waals surface area contributed by atoms with E-state index in [1.165, 1.54) is 6.92 Å². The lowest BCUT2D eigenvalue weighted by molar-refractivity contribution is -0.145. The third-order valence-corrected chi connectivity index (χ3v) is 2.96. The SMILES string of the molecule is C[C@@H](C#N)OC(=O)CCc1nc(-c2ccsc2)no1. The molecule has 2 heterocycles. The Balaban J connectivity index is 1.88. The Morgan fingerprint density at radius 2 is 2.53 bits per heavy atom. The minimum Gasteiger partial charge on any atom is -0.447 e. The number of carbonyl (C=O) groups is 1. The van der Waals surface area contributed by atoms with E-state index < -0.39 is 12.1 Å². The Hall–Kier alpha value is -2.20. The Morgan fingerprint density at radius 3 is 3.21 bits per heavy atom. The molecule has 0 radical (unpaired) electrons. The summed E-state index contributed by atoms with van der Waals surface area (Å²) in [6.07, 6.45) is -0.331. The Kier molecular flexibility index (Phi) is 4.26. The summed E-state index contributed by atoms with van der Waals surface area (Å²) in [5.41, 5.74) is 0.890. The molecule has 0 bridgehead atoms. The smallest absolute Gasteiger partial charge is 0.307 e. The molecule has 0 aromatic carbocycles. The fourth-order valence-corrected chi connectivity index (χ4v) is 1.99. The highest BCUT2D eigenvalue weighted by atomic mass is 32.1. The summed E-state index contributed by atoms with van der Waals surface area (Å²) >= 11 is 1.54.